The van der Waals surface area contributed by atoms with Crippen LogP contribution in [-0.4, -0.2) is 74.3 Å². The smallest absolute Gasteiger partial charge is 0.231 e. The van der Waals surface area contributed by atoms with Crippen LogP contribution < -0.4 is 4.74 Å². The normalized spacial score (nSPS) is 29.9. The Morgan fingerprint density at radius 2 is 2.12 bits per heavy atom. The van der Waals surface area contributed by atoms with E-state index in [1.54, 1.807) is 17.7 Å². The highest BCUT2D eigenvalue weighted by Crippen LogP contribution is 2.45. The Balaban J connectivity index is 1.19. The molecular formula is C24H32N6O2. The summed E-state index contributed by atoms with van der Waals surface area (Å²) in [6, 6.07) is 4.64. The number of aryl methyl sites for hydroxylation is 1. The first-order valence-corrected chi connectivity index (χ1v) is 12.2. The average molecular weight is 437 g/mol. The number of piperidine rings is 3. The number of fused-ring (bicyclic) bond motifs is 7. The van der Waals surface area contributed by atoms with E-state index in [1.807, 2.05) is 6.07 Å². The lowest BCUT2D eigenvalue weighted by molar-refractivity contribution is -0.136. The van der Waals surface area contributed by atoms with Gasteiger partial charge in [0.15, 0.2) is 11.5 Å². The molecule has 3 saturated heterocycles. The third-order valence-corrected chi connectivity index (χ3v) is 8.05. The van der Waals surface area contributed by atoms with E-state index in [-0.39, 0.29) is 5.91 Å². The fourth-order valence-corrected chi connectivity index (χ4v) is 6.70. The summed E-state index contributed by atoms with van der Waals surface area (Å²) in [5, 5.41) is 12.9. The van der Waals surface area contributed by atoms with Crippen LogP contribution in [0.4, 0.5) is 0 Å². The zero-order valence-electron chi connectivity index (χ0n) is 18.8. The molecule has 4 atom stereocenters. The zero-order chi connectivity index (χ0) is 21.7. The number of carbonyl (C=O) groups excluding carboxylic acids is 1. The van der Waals surface area contributed by atoms with Gasteiger partial charge < -0.3 is 9.64 Å². The molecule has 5 heterocycles. The number of likely N-dealkylation sites (tertiary alicyclic amines) is 1. The van der Waals surface area contributed by atoms with Crippen molar-refractivity contribution in [2.75, 3.05) is 26.7 Å². The lowest BCUT2D eigenvalue weighted by atomic mass is 9.68. The zero-order valence-corrected chi connectivity index (χ0v) is 18.8. The number of rotatable bonds is 4. The number of nitrogens with zero attached hydrogens (tertiary/aromatic N) is 6. The van der Waals surface area contributed by atoms with Crippen molar-refractivity contribution >= 4 is 11.6 Å². The van der Waals surface area contributed by atoms with Crippen molar-refractivity contribution in [3.05, 3.63) is 29.6 Å². The molecule has 1 aliphatic carbocycles. The highest BCUT2D eigenvalue weighted by molar-refractivity contribution is 5.77. The second kappa shape index (κ2) is 8.14. The molecule has 6 rings (SSSR count). The van der Waals surface area contributed by atoms with Crippen molar-refractivity contribution in [1.82, 2.24) is 29.6 Å². The number of hydrogen-bond donors (Lipinski definition) is 0. The van der Waals surface area contributed by atoms with Gasteiger partial charge in [-0.3, -0.25) is 9.69 Å². The Morgan fingerprint density at radius 3 is 3.03 bits per heavy atom. The lowest BCUT2D eigenvalue weighted by Gasteiger charge is -2.54. The van der Waals surface area contributed by atoms with Crippen LogP contribution >= 0.6 is 0 Å². The summed E-state index contributed by atoms with van der Waals surface area (Å²) in [6.07, 6.45) is 11.1. The third-order valence-electron chi connectivity index (χ3n) is 8.05. The van der Waals surface area contributed by atoms with E-state index in [9.17, 15) is 4.79 Å². The Labute approximate surface area is 188 Å². The number of aromatic nitrogens is 4. The van der Waals surface area contributed by atoms with Gasteiger partial charge in [-0.25, -0.2) is 0 Å². The SMILES string of the molecule is COc1ccc2nnc(CCC(=O)N3CCCC4=C[C@H]5C[C@@H](CN6CCCC[C@H]56)[C@H]43)n2n1. The monoisotopic (exact) mass is 436 g/mol. The number of amides is 1. The van der Waals surface area contributed by atoms with E-state index in [0.717, 1.165) is 32.0 Å². The molecule has 3 fully saturated rings. The van der Waals surface area contributed by atoms with Gasteiger partial charge in [-0.15, -0.1) is 15.3 Å². The molecule has 0 spiro atoms. The van der Waals surface area contributed by atoms with E-state index in [2.05, 4.69) is 31.2 Å². The van der Waals surface area contributed by atoms with Gasteiger partial charge >= 0.3 is 0 Å². The van der Waals surface area contributed by atoms with Crippen LogP contribution in [0.5, 0.6) is 5.88 Å². The standard InChI is InChI=1S/C24H32N6O2/c1-32-22-9-7-20-25-26-21(30(20)27-22)8-10-23(31)29-12-4-5-16-13-17-14-18(24(16)29)15-28-11-3-2-6-19(17)28/h7,9,13,17-19,24H,2-6,8,10-12,14-15H2,1H3/t17-,18-,19+,24-/m0/s1. The van der Waals surface area contributed by atoms with Crippen LogP contribution in [0, 0.1) is 11.8 Å². The first-order valence-electron chi connectivity index (χ1n) is 12.2. The first kappa shape index (κ1) is 20.1. The van der Waals surface area contributed by atoms with Crippen LogP contribution in [-0.2, 0) is 11.2 Å². The van der Waals surface area contributed by atoms with Gasteiger partial charge in [0.1, 0.15) is 0 Å². The number of ether oxygens (including phenoxy) is 1. The lowest BCUT2D eigenvalue weighted by Crippen LogP contribution is -2.60. The van der Waals surface area contributed by atoms with E-state index < -0.39 is 0 Å². The Kier molecular flexibility index (Phi) is 5.12. The highest BCUT2D eigenvalue weighted by Gasteiger charge is 2.46. The Hall–Kier alpha value is -2.48. The van der Waals surface area contributed by atoms with Crippen LogP contribution in [0.15, 0.2) is 23.8 Å². The van der Waals surface area contributed by atoms with Crippen molar-refractivity contribution in [3.63, 3.8) is 0 Å². The molecule has 4 aliphatic rings. The Bertz CT molecular complexity index is 1050. The van der Waals surface area contributed by atoms with Crippen molar-refractivity contribution in [2.45, 2.75) is 63.5 Å². The van der Waals surface area contributed by atoms with Gasteiger partial charge in [0, 0.05) is 38.0 Å². The van der Waals surface area contributed by atoms with Gasteiger partial charge in [0.05, 0.1) is 13.2 Å². The minimum Gasteiger partial charge on any atom is -0.480 e. The van der Waals surface area contributed by atoms with Gasteiger partial charge in [-0.1, -0.05) is 18.1 Å². The highest BCUT2D eigenvalue weighted by atomic mass is 16.5. The van der Waals surface area contributed by atoms with Crippen molar-refractivity contribution in [3.8, 4) is 5.88 Å². The second-order valence-corrected chi connectivity index (χ2v) is 9.86. The minimum atomic E-state index is 0.236. The quantitative estimate of drug-likeness (QED) is 0.686. The molecule has 32 heavy (non-hydrogen) atoms. The number of hydrogen-bond acceptors (Lipinski definition) is 6. The number of carbonyl (C=O) groups is 1. The van der Waals surface area contributed by atoms with E-state index in [4.69, 9.17) is 4.74 Å². The van der Waals surface area contributed by atoms with Gasteiger partial charge in [0.2, 0.25) is 11.8 Å². The average Bonchev–Trinajstić information content (AvgIpc) is 3.24. The van der Waals surface area contributed by atoms with E-state index >= 15 is 0 Å². The summed E-state index contributed by atoms with van der Waals surface area (Å²) in [5.74, 6) is 2.73. The van der Waals surface area contributed by atoms with Gasteiger partial charge in [-0.05, 0) is 56.6 Å². The van der Waals surface area contributed by atoms with Crippen molar-refractivity contribution < 1.29 is 9.53 Å². The van der Waals surface area contributed by atoms with E-state index in [0.29, 0.717) is 48.1 Å². The van der Waals surface area contributed by atoms with Gasteiger partial charge in [0.25, 0.3) is 0 Å². The predicted molar refractivity (Wildman–Crippen MR) is 119 cm³/mol. The molecule has 0 unspecified atom stereocenters. The predicted octanol–water partition coefficient (Wildman–Crippen LogP) is 2.49. The Morgan fingerprint density at radius 1 is 1.19 bits per heavy atom. The summed E-state index contributed by atoms with van der Waals surface area (Å²) in [6.45, 7) is 3.27. The largest absolute Gasteiger partial charge is 0.480 e. The van der Waals surface area contributed by atoms with Gasteiger partial charge in [-0.2, -0.15) is 4.52 Å². The minimum absolute atomic E-state index is 0.236. The fourth-order valence-electron chi connectivity index (χ4n) is 6.70. The molecule has 3 aliphatic heterocycles. The van der Waals surface area contributed by atoms with Crippen LogP contribution in [0.3, 0.4) is 0 Å². The van der Waals surface area contributed by atoms with Crippen molar-refractivity contribution in [1.29, 1.82) is 0 Å². The first-order chi connectivity index (χ1) is 15.7. The molecule has 0 N–H and O–H groups in total. The van der Waals surface area contributed by atoms with Crippen LogP contribution in [0.1, 0.15) is 50.8 Å². The van der Waals surface area contributed by atoms with Crippen molar-refractivity contribution in [2.24, 2.45) is 11.8 Å². The third kappa shape index (κ3) is 3.39. The summed E-state index contributed by atoms with van der Waals surface area (Å²) >= 11 is 0. The maximum absolute atomic E-state index is 13.4. The van der Waals surface area contributed by atoms with E-state index in [1.165, 1.54) is 37.8 Å². The second-order valence-electron chi connectivity index (χ2n) is 9.86. The molecular weight excluding hydrogens is 404 g/mol. The van der Waals surface area contributed by atoms with Crippen LogP contribution in [0.2, 0.25) is 0 Å². The summed E-state index contributed by atoms with van der Waals surface area (Å²) in [4.78, 5) is 18.4. The van der Waals surface area contributed by atoms with Crippen LogP contribution in [0.25, 0.3) is 5.65 Å². The molecule has 8 nitrogen and oxygen atoms in total. The molecule has 0 radical (unpaired) electrons. The molecule has 0 aromatic carbocycles. The molecule has 170 valence electrons. The summed E-state index contributed by atoms with van der Waals surface area (Å²) in [7, 11) is 1.59. The summed E-state index contributed by atoms with van der Waals surface area (Å²) in [5.41, 5.74) is 2.21. The maximum Gasteiger partial charge on any atom is 0.231 e. The molecule has 1 amide bonds. The fraction of sp³-hybridized carbons (Fsp3) is 0.667. The molecule has 0 saturated carbocycles. The molecule has 2 bridgehead atoms. The maximum atomic E-state index is 13.4. The summed E-state index contributed by atoms with van der Waals surface area (Å²) < 4.78 is 6.92. The number of methoxy groups -OCH3 is 1. The molecule has 8 heteroatoms. The topological polar surface area (TPSA) is 75.9 Å². The molecule has 2 aromatic rings. The molecule has 2 aromatic heterocycles.